The lowest BCUT2D eigenvalue weighted by Gasteiger charge is -2.34. The van der Waals surface area contributed by atoms with Crippen LogP contribution in [0.2, 0.25) is 0 Å². The second-order valence-corrected chi connectivity index (χ2v) is 5.55. The third-order valence-electron chi connectivity index (χ3n) is 4.29. The minimum atomic E-state index is -0.513. The molecule has 1 aliphatic rings. The van der Waals surface area contributed by atoms with Gasteiger partial charge in [-0.05, 0) is 37.5 Å². The first kappa shape index (κ1) is 15.9. The minimum absolute atomic E-state index is 0.00611. The molecular formula is C16H24N2O3. The first-order valence-electron chi connectivity index (χ1n) is 7.33. The summed E-state index contributed by atoms with van der Waals surface area (Å²) in [5.74, 6) is -0.0180. The molecule has 1 heterocycles. The van der Waals surface area contributed by atoms with Crippen LogP contribution in [0.3, 0.4) is 0 Å². The number of rotatable bonds is 5. The van der Waals surface area contributed by atoms with Gasteiger partial charge in [0.2, 0.25) is 5.91 Å². The fraction of sp³-hybridized carbons (Fsp3) is 0.562. The van der Waals surface area contributed by atoms with Crippen LogP contribution in [0, 0.1) is 5.41 Å². The summed E-state index contributed by atoms with van der Waals surface area (Å²) in [4.78, 5) is 12.6. The average molecular weight is 292 g/mol. The molecule has 1 atom stereocenters. The Bertz CT molecular complexity index is 484. The van der Waals surface area contributed by atoms with Crippen molar-refractivity contribution in [3.63, 3.8) is 0 Å². The summed E-state index contributed by atoms with van der Waals surface area (Å²) in [6.07, 6.45) is 1.33. The summed E-state index contributed by atoms with van der Waals surface area (Å²) in [6, 6.07) is 7.72. The summed E-state index contributed by atoms with van der Waals surface area (Å²) < 4.78 is 10.6. The van der Waals surface area contributed by atoms with Crippen molar-refractivity contribution in [2.24, 2.45) is 11.1 Å². The SMILES string of the molecule is COC(C)c1cccc(NC(=O)C2(CN)CCOCC2)c1. The topological polar surface area (TPSA) is 73.6 Å². The van der Waals surface area contributed by atoms with Crippen LogP contribution in [-0.2, 0) is 14.3 Å². The van der Waals surface area contributed by atoms with Crippen molar-refractivity contribution < 1.29 is 14.3 Å². The molecule has 0 aromatic heterocycles. The number of carbonyl (C=O) groups is 1. The quantitative estimate of drug-likeness (QED) is 0.871. The monoisotopic (exact) mass is 292 g/mol. The van der Waals surface area contributed by atoms with E-state index in [1.165, 1.54) is 0 Å². The molecule has 0 radical (unpaired) electrons. The van der Waals surface area contributed by atoms with Crippen LogP contribution in [0.1, 0.15) is 31.4 Å². The number of benzene rings is 1. The van der Waals surface area contributed by atoms with Crippen LogP contribution in [0.15, 0.2) is 24.3 Å². The van der Waals surface area contributed by atoms with Crippen LogP contribution in [-0.4, -0.2) is 32.8 Å². The van der Waals surface area contributed by atoms with Crippen LogP contribution < -0.4 is 11.1 Å². The van der Waals surface area contributed by atoms with Gasteiger partial charge < -0.3 is 20.5 Å². The molecule has 5 heteroatoms. The lowest BCUT2D eigenvalue weighted by molar-refractivity contribution is -0.130. The average Bonchev–Trinajstić information content (AvgIpc) is 2.54. The molecule has 5 nitrogen and oxygen atoms in total. The van der Waals surface area contributed by atoms with Gasteiger partial charge in [-0.2, -0.15) is 0 Å². The number of nitrogens with one attached hydrogen (secondary N) is 1. The van der Waals surface area contributed by atoms with Gasteiger partial charge in [0, 0.05) is 32.6 Å². The Balaban J connectivity index is 2.11. The van der Waals surface area contributed by atoms with Gasteiger partial charge in [-0.3, -0.25) is 4.79 Å². The maximum absolute atomic E-state index is 12.6. The molecule has 0 spiro atoms. The molecule has 1 aromatic carbocycles. The van der Waals surface area contributed by atoms with Crippen molar-refractivity contribution >= 4 is 11.6 Å². The van der Waals surface area contributed by atoms with Crippen molar-refractivity contribution in [3.05, 3.63) is 29.8 Å². The molecule has 1 unspecified atom stereocenters. The zero-order chi connectivity index (χ0) is 15.3. The van der Waals surface area contributed by atoms with Gasteiger partial charge in [0.05, 0.1) is 11.5 Å². The van der Waals surface area contributed by atoms with E-state index in [4.69, 9.17) is 15.2 Å². The fourth-order valence-corrected chi connectivity index (χ4v) is 2.56. The Morgan fingerprint density at radius 2 is 2.19 bits per heavy atom. The highest BCUT2D eigenvalue weighted by molar-refractivity contribution is 5.95. The molecule has 2 rings (SSSR count). The van der Waals surface area contributed by atoms with Crippen molar-refractivity contribution in [2.45, 2.75) is 25.9 Å². The van der Waals surface area contributed by atoms with Gasteiger partial charge in [-0.15, -0.1) is 0 Å². The molecule has 1 saturated heterocycles. The molecule has 1 aliphatic heterocycles. The van der Waals surface area contributed by atoms with E-state index < -0.39 is 5.41 Å². The minimum Gasteiger partial charge on any atom is -0.381 e. The number of anilines is 1. The smallest absolute Gasteiger partial charge is 0.232 e. The predicted octanol–water partition coefficient (Wildman–Crippen LogP) is 2.09. The van der Waals surface area contributed by atoms with Gasteiger partial charge in [0.1, 0.15) is 0 Å². The highest BCUT2D eigenvalue weighted by atomic mass is 16.5. The van der Waals surface area contributed by atoms with E-state index in [1.54, 1.807) is 7.11 Å². The summed E-state index contributed by atoms with van der Waals surface area (Å²) in [5.41, 5.74) is 7.15. The fourth-order valence-electron chi connectivity index (χ4n) is 2.56. The lowest BCUT2D eigenvalue weighted by Crippen LogP contribution is -2.46. The third-order valence-corrected chi connectivity index (χ3v) is 4.29. The molecule has 0 saturated carbocycles. The van der Waals surface area contributed by atoms with E-state index in [-0.39, 0.29) is 12.0 Å². The van der Waals surface area contributed by atoms with Gasteiger partial charge >= 0.3 is 0 Å². The summed E-state index contributed by atoms with van der Waals surface area (Å²) in [5, 5.41) is 2.99. The molecular weight excluding hydrogens is 268 g/mol. The molecule has 1 fully saturated rings. The van der Waals surface area contributed by atoms with E-state index in [0.717, 1.165) is 11.3 Å². The van der Waals surface area contributed by atoms with E-state index in [0.29, 0.717) is 32.6 Å². The third kappa shape index (κ3) is 3.61. The Kier molecular flexibility index (Phi) is 5.33. The standard InChI is InChI=1S/C16H24N2O3/c1-12(20-2)13-4-3-5-14(10-13)18-15(19)16(11-17)6-8-21-9-7-16/h3-5,10,12H,6-9,11,17H2,1-2H3,(H,18,19). The second-order valence-electron chi connectivity index (χ2n) is 5.55. The first-order valence-corrected chi connectivity index (χ1v) is 7.33. The van der Waals surface area contributed by atoms with E-state index in [1.807, 2.05) is 31.2 Å². The number of ether oxygens (including phenoxy) is 2. The van der Waals surface area contributed by atoms with Crippen LogP contribution in [0.5, 0.6) is 0 Å². The lowest BCUT2D eigenvalue weighted by atomic mass is 9.79. The van der Waals surface area contributed by atoms with Crippen LogP contribution >= 0.6 is 0 Å². The highest BCUT2D eigenvalue weighted by Gasteiger charge is 2.38. The molecule has 0 aliphatic carbocycles. The van der Waals surface area contributed by atoms with Crippen LogP contribution in [0.4, 0.5) is 5.69 Å². The molecule has 1 aromatic rings. The Morgan fingerprint density at radius 3 is 2.81 bits per heavy atom. The number of methoxy groups -OCH3 is 1. The van der Waals surface area contributed by atoms with E-state index in [9.17, 15) is 4.79 Å². The normalized spacial score (nSPS) is 19.0. The van der Waals surface area contributed by atoms with Gasteiger partial charge in [-0.1, -0.05) is 12.1 Å². The summed E-state index contributed by atoms with van der Waals surface area (Å²) >= 11 is 0. The number of amides is 1. The molecule has 21 heavy (non-hydrogen) atoms. The zero-order valence-electron chi connectivity index (χ0n) is 12.7. The Morgan fingerprint density at radius 1 is 1.48 bits per heavy atom. The largest absolute Gasteiger partial charge is 0.381 e. The van der Waals surface area contributed by atoms with E-state index in [2.05, 4.69) is 5.32 Å². The first-order chi connectivity index (χ1) is 10.1. The van der Waals surface area contributed by atoms with Crippen LogP contribution in [0.25, 0.3) is 0 Å². The Labute approximate surface area is 125 Å². The van der Waals surface area contributed by atoms with Crippen molar-refractivity contribution in [2.75, 3.05) is 32.2 Å². The Hall–Kier alpha value is -1.43. The number of hydrogen-bond donors (Lipinski definition) is 2. The second kappa shape index (κ2) is 7.02. The highest BCUT2D eigenvalue weighted by Crippen LogP contribution is 2.31. The number of hydrogen-bond acceptors (Lipinski definition) is 4. The molecule has 3 N–H and O–H groups in total. The van der Waals surface area contributed by atoms with Gasteiger partial charge in [-0.25, -0.2) is 0 Å². The van der Waals surface area contributed by atoms with Crippen molar-refractivity contribution in [3.8, 4) is 0 Å². The maximum Gasteiger partial charge on any atom is 0.232 e. The zero-order valence-corrected chi connectivity index (χ0v) is 12.7. The number of carbonyl (C=O) groups excluding carboxylic acids is 1. The van der Waals surface area contributed by atoms with E-state index >= 15 is 0 Å². The molecule has 0 bridgehead atoms. The maximum atomic E-state index is 12.6. The van der Waals surface area contributed by atoms with Gasteiger partial charge in [0.25, 0.3) is 0 Å². The van der Waals surface area contributed by atoms with Gasteiger partial charge in [0.15, 0.2) is 0 Å². The number of nitrogens with two attached hydrogens (primary N) is 1. The summed E-state index contributed by atoms with van der Waals surface area (Å²) in [6.45, 7) is 3.49. The molecule has 1 amide bonds. The van der Waals surface area contributed by atoms with Crippen molar-refractivity contribution in [1.82, 2.24) is 0 Å². The predicted molar refractivity (Wildman–Crippen MR) is 82.0 cm³/mol. The summed E-state index contributed by atoms with van der Waals surface area (Å²) in [7, 11) is 1.67. The molecule has 116 valence electrons. The van der Waals surface area contributed by atoms with Crippen molar-refractivity contribution in [1.29, 1.82) is 0 Å².